The molecule has 25 heavy (non-hydrogen) atoms. The predicted octanol–water partition coefficient (Wildman–Crippen LogP) is 2.04. The topological polar surface area (TPSA) is 58.4 Å². The Balaban J connectivity index is 1.19. The van der Waals surface area contributed by atoms with Crippen LogP contribution in [-0.4, -0.2) is 43.0 Å². The molecule has 1 amide bonds. The van der Waals surface area contributed by atoms with Gasteiger partial charge in [-0.1, -0.05) is 30.3 Å². The normalized spacial score (nSPS) is 34.5. The van der Waals surface area contributed by atoms with Crippen molar-refractivity contribution in [3.05, 3.63) is 35.9 Å². The Morgan fingerprint density at radius 2 is 1.96 bits per heavy atom. The maximum absolute atomic E-state index is 12.6. The highest BCUT2D eigenvalue weighted by atomic mass is 16.1. The number of nitrogens with one attached hydrogen (secondary N) is 1. The van der Waals surface area contributed by atoms with Crippen molar-refractivity contribution in [1.82, 2.24) is 10.2 Å². The van der Waals surface area contributed by atoms with Crippen molar-refractivity contribution < 1.29 is 4.79 Å². The Bertz CT molecular complexity index is 588. The second kappa shape index (κ2) is 7.46. The Kier molecular flexibility index (Phi) is 5.09. The van der Waals surface area contributed by atoms with Crippen LogP contribution in [0.5, 0.6) is 0 Å². The molecule has 1 aliphatic heterocycles. The molecule has 2 bridgehead atoms. The second-order valence-electron chi connectivity index (χ2n) is 8.37. The van der Waals surface area contributed by atoms with Crippen molar-refractivity contribution in [1.29, 1.82) is 0 Å². The van der Waals surface area contributed by atoms with Crippen LogP contribution in [0.3, 0.4) is 0 Å². The third-order valence-electron chi connectivity index (χ3n) is 6.78. The molecule has 1 heterocycles. The van der Waals surface area contributed by atoms with Crippen LogP contribution in [0, 0.1) is 23.7 Å². The van der Waals surface area contributed by atoms with Crippen LogP contribution in [0.15, 0.2) is 30.3 Å². The van der Waals surface area contributed by atoms with Crippen LogP contribution in [-0.2, 0) is 11.2 Å². The molecule has 1 aromatic rings. The van der Waals surface area contributed by atoms with E-state index in [-0.39, 0.29) is 17.9 Å². The molecule has 5 unspecified atom stereocenters. The van der Waals surface area contributed by atoms with E-state index in [1.165, 1.54) is 31.2 Å². The number of fused-ring (bicyclic) bond motifs is 2. The van der Waals surface area contributed by atoms with E-state index in [1.807, 2.05) is 0 Å². The number of rotatable bonds is 6. The van der Waals surface area contributed by atoms with Crippen molar-refractivity contribution in [3.63, 3.8) is 0 Å². The van der Waals surface area contributed by atoms with Gasteiger partial charge in [0.05, 0.1) is 5.92 Å². The summed E-state index contributed by atoms with van der Waals surface area (Å²) in [5.41, 5.74) is 7.70. The molecule has 4 heteroatoms. The summed E-state index contributed by atoms with van der Waals surface area (Å²) in [4.78, 5) is 15.1. The zero-order valence-electron chi connectivity index (χ0n) is 15.1. The minimum Gasteiger partial charge on any atom is -0.355 e. The summed E-state index contributed by atoms with van der Waals surface area (Å²) in [5, 5.41) is 3.23. The first-order valence-corrected chi connectivity index (χ1v) is 10.0. The summed E-state index contributed by atoms with van der Waals surface area (Å²) in [6.45, 7) is 4.20. The molecular weight excluding hydrogens is 310 g/mol. The molecule has 4 rings (SSSR count). The van der Waals surface area contributed by atoms with Crippen molar-refractivity contribution in [2.45, 2.75) is 38.1 Å². The molecule has 1 saturated heterocycles. The maximum atomic E-state index is 12.6. The van der Waals surface area contributed by atoms with Gasteiger partial charge in [0, 0.05) is 25.7 Å². The molecule has 1 aromatic carbocycles. The van der Waals surface area contributed by atoms with Gasteiger partial charge in [-0.15, -0.1) is 0 Å². The number of nitrogens with two attached hydrogens (primary N) is 1. The van der Waals surface area contributed by atoms with Crippen LogP contribution in [0.4, 0.5) is 0 Å². The number of hydrogen-bond acceptors (Lipinski definition) is 3. The fourth-order valence-electron chi connectivity index (χ4n) is 5.30. The summed E-state index contributed by atoms with van der Waals surface area (Å²) in [6, 6.07) is 10.8. The highest BCUT2D eigenvalue weighted by molar-refractivity contribution is 5.80. The standard InChI is InChI=1S/C21H31N3O/c22-20-18-7-6-17(12-18)19(20)21(25)23-13-16-9-11-24(14-16)10-8-15-4-2-1-3-5-15/h1-5,16-20H,6-14,22H2,(H,23,25). The van der Waals surface area contributed by atoms with Gasteiger partial charge in [0.15, 0.2) is 0 Å². The zero-order valence-corrected chi connectivity index (χ0v) is 15.1. The average Bonchev–Trinajstić information content (AvgIpc) is 3.35. The van der Waals surface area contributed by atoms with Gasteiger partial charge in [-0.2, -0.15) is 0 Å². The van der Waals surface area contributed by atoms with Gasteiger partial charge in [0.1, 0.15) is 0 Å². The van der Waals surface area contributed by atoms with Crippen molar-refractivity contribution in [2.24, 2.45) is 29.4 Å². The monoisotopic (exact) mass is 341 g/mol. The van der Waals surface area contributed by atoms with Gasteiger partial charge in [-0.25, -0.2) is 0 Å². The quantitative estimate of drug-likeness (QED) is 0.832. The highest BCUT2D eigenvalue weighted by Gasteiger charge is 2.49. The van der Waals surface area contributed by atoms with E-state index in [9.17, 15) is 4.79 Å². The number of benzene rings is 1. The number of amides is 1. The fraction of sp³-hybridized carbons (Fsp3) is 0.667. The van der Waals surface area contributed by atoms with Crippen LogP contribution in [0.25, 0.3) is 0 Å². The minimum absolute atomic E-state index is 0.0781. The number of likely N-dealkylation sites (tertiary alicyclic amines) is 1. The molecule has 0 aromatic heterocycles. The average molecular weight is 341 g/mol. The molecular formula is C21H31N3O. The second-order valence-corrected chi connectivity index (χ2v) is 8.37. The van der Waals surface area contributed by atoms with Crippen molar-refractivity contribution in [2.75, 3.05) is 26.2 Å². The van der Waals surface area contributed by atoms with Crippen LogP contribution in [0.2, 0.25) is 0 Å². The van der Waals surface area contributed by atoms with Crippen LogP contribution < -0.4 is 11.1 Å². The zero-order chi connectivity index (χ0) is 17.2. The molecule has 0 radical (unpaired) electrons. The summed E-state index contributed by atoms with van der Waals surface area (Å²) >= 11 is 0. The predicted molar refractivity (Wildman–Crippen MR) is 100.0 cm³/mol. The minimum atomic E-state index is 0.0781. The van der Waals surface area contributed by atoms with Gasteiger partial charge in [-0.3, -0.25) is 4.79 Å². The Morgan fingerprint density at radius 1 is 1.16 bits per heavy atom. The van der Waals surface area contributed by atoms with E-state index in [0.29, 0.717) is 17.8 Å². The molecule has 136 valence electrons. The van der Waals surface area contributed by atoms with E-state index < -0.39 is 0 Å². The van der Waals surface area contributed by atoms with Gasteiger partial charge < -0.3 is 16.0 Å². The summed E-state index contributed by atoms with van der Waals surface area (Å²) < 4.78 is 0. The van der Waals surface area contributed by atoms with Crippen molar-refractivity contribution >= 4 is 5.91 Å². The van der Waals surface area contributed by atoms with E-state index >= 15 is 0 Å². The molecule has 4 nitrogen and oxygen atoms in total. The first kappa shape index (κ1) is 17.0. The lowest BCUT2D eigenvalue weighted by molar-refractivity contribution is -0.127. The third kappa shape index (κ3) is 3.75. The summed E-state index contributed by atoms with van der Waals surface area (Å²) in [7, 11) is 0. The molecule has 0 spiro atoms. The molecule has 2 saturated carbocycles. The van der Waals surface area contributed by atoms with Crippen LogP contribution in [0.1, 0.15) is 31.2 Å². The highest BCUT2D eigenvalue weighted by Crippen LogP contribution is 2.47. The van der Waals surface area contributed by atoms with Gasteiger partial charge in [0.25, 0.3) is 0 Å². The number of hydrogen-bond donors (Lipinski definition) is 2. The summed E-state index contributed by atoms with van der Waals surface area (Å²) in [5.74, 6) is 2.04. The van der Waals surface area contributed by atoms with E-state index in [2.05, 4.69) is 40.5 Å². The van der Waals surface area contributed by atoms with Gasteiger partial charge >= 0.3 is 0 Å². The smallest absolute Gasteiger partial charge is 0.224 e. The first-order chi connectivity index (χ1) is 12.2. The third-order valence-corrected chi connectivity index (χ3v) is 6.78. The molecule has 2 aliphatic carbocycles. The van der Waals surface area contributed by atoms with Crippen LogP contribution >= 0.6 is 0 Å². The lowest BCUT2D eigenvalue weighted by Gasteiger charge is -2.27. The van der Waals surface area contributed by atoms with E-state index in [4.69, 9.17) is 5.73 Å². The van der Waals surface area contributed by atoms with Gasteiger partial charge in [0.2, 0.25) is 5.91 Å². The largest absolute Gasteiger partial charge is 0.355 e. The molecule has 5 atom stereocenters. The van der Waals surface area contributed by atoms with E-state index in [0.717, 1.165) is 32.6 Å². The lowest BCUT2D eigenvalue weighted by atomic mass is 9.84. The van der Waals surface area contributed by atoms with Gasteiger partial charge in [-0.05, 0) is 62.0 Å². The fourth-order valence-corrected chi connectivity index (χ4v) is 5.30. The SMILES string of the molecule is NC1C2CCC(C2)C1C(=O)NCC1CCN(CCc2ccccc2)C1. The number of carbonyl (C=O) groups excluding carboxylic acids is 1. The van der Waals surface area contributed by atoms with Crippen molar-refractivity contribution in [3.8, 4) is 0 Å². The number of carbonyl (C=O) groups is 1. The molecule has 3 fully saturated rings. The Hall–Kier alpha value is -1.39. The first-order valence-electron chi connectivity index (χ1n) is 10.0. The maximum Gasteiger partial charge on any atom is 0.224 e. The van der Waals surface area contributed by atoms with E-state index in [1.54, 1.807) is 0 Å². The lowest BCUT2D eigenvalue weighted by Crippen LogP contribution is -2.46. The Morgan fingerprint density at radius 3 is 2.72 bits per heavy atom. The molecule has 3 N–H and O–H groups in total. The Labute approximate surface area is 151 Å². The molecule has 3 aliphatic rings. The number of nitrogens with zero attached hydrogens (tertiary/aromatic N) is 1. The summed E-state index contributed by atoms with van der Waals surface area (Å²) in [6.07, 6.45) is 5.91.